The van der Waals surface area contributed by atoms with Gasteiger partial charge in [0.2, 0.25) is 0 Å². The molecule has 1 amide bonds. The second-order valence-electron chi connectivity index (χ2n) is 8.65. The molecule has 160 valence electrons. The number of nitrogens with zero attached hydrogens (tertiary/aromatic N) is 4. The average molecular weight is 415 g/mol. The molecule has 31 heavy (non-hydrogen) atoms. The SMILES string of the molecule is Cn1nc(-c2ccccc2)c2c1CCN(C(=O)c1ccc(N3CCCCC3)cc1)CC2. The molecule has 5 heteroatoms. The highest BCUT2D eigenvalue weighted by molar-refractivity contribution is 5.94. The summed E-state index contributed by atoms with van der Waals surface area (Å²) in [5.74, 6) is 0.132. The summed E-state index contributed by atoms with van der Waals surface area (Å²) >= 11 is 0. The number of piperidine rings is 1. The zero-order valence-electron chi connectivity index (χ0n) is 18.3. The van der Waals surface area contributed by atoms with Gasteiger partial charge in [0, 0.05) is 67.7 Å². The van der Waals surface area contributed by atoms with Gasteiger partial charge in [-0.2, -0.15) is 5.10 Å². The number of carbonyl (C=O) groups is 1. The third-order valence-electron chi connectivity index (χ3n) is 6.69. The van der Waals surface area contributed by atoms with E-state index in [1.807, 2.05) is 34.8 Å². The topological polar surface area (TPSA) is 41.4 Å². The Morgan fingerprint density at radius 2 is 1.55 bits per heavy atom. The number of aryl methyl sites for hydroxylation is 1. The number of hydrogen-bond acceptors (Lipinski definition) is 3. The molecule has 0 aliphatic carbocycles. The fourth-order valence-electron chi connectivity index (χ4n) is 4.96. The van der Waals surface area contributed by atoms with Crippen LogP contribution in [0.15, 0.2) is 54.6 Å². The maximum absolute atomic E-state index is 13.2. The molecular weight excluding hydrogens is 384 g/mol. The molecular formula is C26H30N4O. The van der Waals surface area contributed by atoms with Gasteiger partial charge in [0.25, 0.3) is 5.91 Å². The molecule has 2 aliphatic heterocycles. The van der Waals surface area contributed by atoms with Crippen LogP contribution in [-0.4, -0.2) is 46.8 Å². The quantitative estimate of drug-likeness (QED) is 0.641. The van der Waals surface area contributed by atoms with Gasteiger partial charge in [-0.1, -0.05) is 30.3 Å². The van der Waals surface area contributed by atoms with E-state index in [1.165, 1.54) is 36.2 Å². The highest BCUT2D eigenvalue weighted by Gasteiger charge is 2.25. The largest absolute Gasteiger partial charge is 0.372 e. The molecule has 0 unspecified atom stereocenters. The summed E-state index contributed by atoms with van der Waals surface area (Å²) in [6.45, 7) is 3.70. The Kier molecular flexibility index (Phi) is 5.49. The highest BCUT2D eigenvalue weighted by Crippen LogP contribution is 2.28. The van der Waals surface area contributed by atoms with E-state index in [2.05, 4.69) is 41.3 Å². The predicted molar refractivity (Wildman–Crippen MR) is 124 cm³/mol. The third kappa shape index (κ3) is 3.97. The zero-order chi connectivity index (χ0) is 21.2. The number of anilines is 1. The van der Waals surface area contributed by atoms with Crippen molar-refractivity contribution in [3.63, 3.8) is 0 Å². The first kappa shape index (κ1) is 19.9. The number of benzene rings is 2. The Morgan fingerprint density at radius 1 is 0.839 bits per heavy atom. The number of aromatic nitrogens is 2. The first-order chi connectivity index (χ1) is 15.2. The van der Waals surface area contributed by atoms with Crippen LogP contribution in [0.3, 0.4) is 0 Å². The number of rotatable bonds is 3. The van der Waals surface area contributed by atoms with Gasteiger partial charge in [-0.05, 0) is 49.9 Å². The van der Waals surface area contributed by atoms with Crippen LogP contribution in [0.25, 0.3) is 11.3 Å². The van der Waals surface area contributed by atoms with Crippen molar-refractivity contribution in [1.82, 2.24) is 14.7 Å². The first-order valence-corrected chi connectivity index (χ1v) is 11.4. The van der Waals surface area contributed by atoms with Crippen LogP contribution in [0.5, 0.6) is 0 Å². The standard InChI is InChI=1S/C26H30N4O/c1-28-24-15-19-30(18-14-23(24)25(27-28)20-8-4-2-5-9-20)26(31)21-10-12-22(13-11-21)29-16-6-3-7-17-29/h2,4-5,8-13H,3,6-7,14-19H2,1H3. The molecule has 5 rings (SSSR count). The highest BCUT2D eigenvalue weighted by atomic mass is 16.2. The van der Waals surface area contributed by atoms with Gasteiger partial charge in [0.1, 0.15) is 0 Å². The molecule has 0 spiro atoms. The van der Waals surface area contributed by atoms with E-state index in [0.29, 0.717) is 0 Å². The van der Waals surface area contributed by atoms with E-state index in [4.69, 9.17) is 5.10 Å². The van der Waals surface area contributed by atoms with Crippen LogP contribution in [0, 0.1) is 0 Å². The van der Waals surface area contributed by atoms with E-state index in [-0.39, 0.29) is 5.91 Å². The van der Waals surface area contributed by atoms with Crippen molar-refractivity contribution in [2.45, 2.75) is 32.1 Å². The molecule has 2 aliphatic rings. The number of fused-ring (bicyclic) bond motifs is 1. The first-order valence-electron chi connectivity index (χ1n) is 11.4. The molecule has 0 saturated carbocycles. The monoisotopic (exact) mass is 414 g/mol. The van der Waals surface area contributed by atoms with Crippen LogP contribution in [-0.2, 0) is 19.9 Å². The van der Waals surface area contributed by atoms with Gasteiger partial charge in [-0.25, -0.2) is 0 Å². The molecule has 0 bridgehead atoms. The molecule has 1 saturated heterocycles. The minimum atomic E-state index is 0.132. The van der Waals surface area contributed by atoms with Crippen molar-refractivity contribution in [2.75, 3.05) is 31.1 Å². The van der Waals surface area contributed by atoms with Gasteiger partial charge < -0.3 is 9.80 Å². The van der Waals surface area contributed by atoms with Crippen molar-refractivity contribution in [2.24, 2.45) is 7.05 Å². The zero-order valence-corrected chi connectivity index (χ0v) is 18.3. The van der Waals surface area contributed by atoms with E-state index in [9.17, 15) is 4.79 Å². The smallest absolute Gasteiger partial charge is 0.253 e. The number of hydrogen-bond donors (Lipinski definition) is 0. The number of carbonyl (C=O) groups excluding carboxylic acids is 1. The summed E-state index contributed by atoms with van der Waals surface area (Å²) in [6, 6.07) is 18.6. The number of amides is 1. The van der Waals surface area contributed by atoms with Crippen LogP contribution in [0.2, 0.25) is 0 Å². The molecule has 3 aromatic rings. The summed E-state index contributed by atoms with van der Waals surface area (Å²) in [6.07, 6.45) is 5.52. The Morgan fingerprint density at radius 3 is 2.29 bits per heavy atom. The van der Waals surface area contributed by atoms with Crippen molar-refractivity contribution >= 4 is 11.6 Å². The summed E-state index contributed by atoms with van der Waals surface area (Å²) in [5.41, 5.74) is 6.75. The summed E-state index contributed by atoms with van der Waals surface area (Å²) < 4.78 is 2.00. The third-order valence-corrected chi connectivity index (χ3v) is 6.69. The van der Waals surface area contributed by atoms with Gasteiger partial charge in [0.15, 0.2) is 0 Å². The molecule has 1 fully saturated rings. The molecule has 3 heterocycles. The van der Waals surface area contributed by atoms with Crippen LogP contribution in [0.4, 0.5) is 5.69 Å². The fourth-order valence-corrected chi connectivity index (χ4v) is 4.96. The van der Waals surface area contributed by atoms with Crippen molar-refractivity contribution < 1.29 is 4.79 Å². The molecule has 0 atom stereocenters. The Hall–Kier alpha value is -3.08. The van der Waals surface area contributed by atoms with Crippen LogP contribution < -0.4 is 4.90 Å². The molecule has 0 N–H and O–H groups in total. The maximum Gasteiger partial charge on any atom is 0.253 e. The summed E-state index contributed by atoms with van der Waals surface area (Å²) in [5, 5.41) is 4.79. The van der Waals surface area contributed by atoms with E-state index < -0.39 is 0 Å². The summed E-state index contributed by atoms with van der Waals surface area (Å²) in [7, 11) is 2.02. The second-order valence-corrected chi connectivity index (χ2v) is 8.65. The molecule has 1 aromatic heterocycles. The van der Waals surface area contributed by atoms with Crippen molar-refractivity contribution in [3.05, 3.63) is 71.4 Å². The lowest BCUT2D eigenvalue weighted by Gasteiger charge is -2.29. The van der Waals surface area contributed by atoms with Gasteiger partial charge in [0.05, 0.1) is 5.69 Å². The second kappa shape index (κ2) is 8.58. The minimum absolute atomic E-state index is 0.132. The lowest BCUT2D eigenvalue weighted by atomic mass is 10.0. The Bertz CT molecular complexity index is 1050. The summed E-state index contributed by atoms with van der Waals surface area (Å²) in [4.78, 5) is 17.7. The molecule has 2 aromatic carbocycles. The Labute approximate surface area is 184 Å². The average Bonchev–Trinajstić information content (AvgIpc) is 3.00. The molecule has 0 radical (unpaired) electrons. The Balaban J connectivity index is 1.31. The van der Waals surface area contributed by atoms with Crippen LogP contribution in [0.1, 0.15) is 40.9 Å². The lowest BCUT2D eigenvalue weighted by molar-refractivity contribution is 0.0762. The fraction of sp³-hybridized carbons (Fsp3) is 0.385. The van der Waals surface area contributed by atoms with Gasteiger partial charge >= 0.3 is 0 Å². The minimum Gasteiger partial charge on any atom is -0.372 e. The maximum atomic E-state index is 13.2. The van der Waals surface area contributed by atoms with E-state index in [0.717, 1.165) is 55.8 Å². The van der Waals surface area contributed by atoms with Crippen molar-refractivity contribution in [1.29, 1.82) is 0 Å². The normalized spacial score (nSPS) is 16.7. The van der Waals surface area contributed by atoms with E-state index in [1.54, 1.807) is 0 Å². The van der Waals surface area contributed by atoms with E-state index >= 15 is 0 Å². The van der Waals surface area contributed by atoms with Gasteiger partial charge in [-0.15, -0.1) is 0 Å². The van der Waals surface area contributed by atoms with Crippen LogP contribution >= 0.6 is 0 Å². The lowest BCUT2D eigenvalue weighted by Crippen LogP contribution is -2.33. The van der Waals surface area contributed by atoms with Crippen molar-refractivity contribution in [3.8, 4) is 11.3 Å². The van der Waals surface area contributed by atoms with Gasteiger partial charge in [-0.3, -0.25) is 9.48 Å². The molecule has 5 nitrogen and oxygen atoms in total. The predicted octanol–water partition coefficient (Wildman–Crippen LogP) is 4.32.